The molecular weight excluding hydrogens is 553 g/mol. The van der Waals surface area contributed by atoms with Crippen LogP contribution in [-0.4, -0.2) is 77.8 Å². The molecule has 0 radical (unpaired) electrons. The van der Waals surface area contributed by atoms with E-state index in [1.165, 1.54) is 43.3 Å². The van der Waals surface area contributed by atoms with E-state index in [-0.39, 0.29) is 34.9 Å². The zero-order chi connectivity index (χ0) is 28.3. The number of carbonyl (C=O) groups is 1. The molecule has 2 aromatic carbocycles. The van der Waals surface area contributed by atoms with Crippen LogP contribution in [0.25, 0.3) is 11.0 Å². The summed E-state index contributed by atoms with van der Waals surface area (Å²) < 4.78 is 58.8. The van der Waals surface area contributed by atoms with Crippen LogP contribution in [0.2, 0.25) is 5.02 Å². The normalized spacial score (nSPS) is 14.5. The van der Waals surface area contributed by atoms with Crippen molar-refractivity contribution in [3.05, 3.63) is 68.3 Å². The summed E-state index contributed by atoms with van der Waals surface area (Å²) in [6.45, 7) is 4.86. The third kappa shape index (κ3) is 6.76. The number of morpholine rings is 1. The molecule has 210 valence electrons. The SMILES string of the molecule is Cc1c(Cc2ccc(F)c(S(=O)(=O)NCCN3CCOCC3)c2)c(=O)oc2cc(OC(=O)N(C)C)c(Cl)cc12. The number of nitrogens with zero attached hydrogens (tertiary/aromatic N) is 2. The van der Waals surface area contributed by atoms with Crippen LogP contribution in [0.4, 0.5) is 9.18 Å². The summed E-state index contributed by atoms with van der Waals surface area (Å²) in [6, 6.07) is 6.58. The van der Waals surface area contributed by atoms with E-state index in [2.05, 4.69) is 9.62 Å². The van der Waals surface area contributed by atoms with Gasteiger partial charge in [-0.1, -0.05) is 17.7 Å². The summed E-state index contributed by atoms with van der Waals surface area (Å²) >= 11 is 6.32. The number of carbonyl (C=O) groups excluding carboxylic acids is 1. The van der Waals surface area contributed by atoms with Crippen LogP contribution in [-0.2, 0) is 21.2 Å². The van der Waals surface area contributed by atoms with Gasteiger partial charge in [0.05, 0.1) is 18.2 Å². The molecule has 0 aliphatic carbocycles. The highest BCUT2D eigenvalue weighted by Crippen LogP contribution is 2.32. The van der Waals surface area contributed by atoms with Gasteiger partial charge in [-0.3, -0.25) is 4.90 Å². The largest absolute Gasteiger partial charge is 0.422 e. The molecule has 2 heterocycles. The first kappa shape index (κ1) is 29.0. The smallest absolute Gasteiger partial charge is 0.414 e. The Hall–Kier alpha value is -3.03. The molecule has 0 saturated carbocycles. The lowest BCUT2D eigenvalue weighted by molar-refractivity contribution is 0.0390. The first-order chi connectivity index (χ1) is 18.5. The van der Waals surface area contributed by atoms with Crippen molar-refractivity contribution in [3.8, 4) is 5.75 Å². The Labute approximate surface area is 230 Å². The lowest BCUT2D eigenvalue weighted by Gasteiger charge is -2.26. The van der Waals surface area contributed by atoms with Gasteiger partial charge in [-0.15, -0.1) is 0 Å². The standard InChI is InChI=1S/C26H29ClFN3O7S/c1-16-18-14-20(27)23(38-26(33)30(2)3)15-22(18)37-25(32)19(16)12-17-4-5-21(28)24(13-17)39(34,35)29-6-7-31-8-10-36-11-9-31/h4-5,13-15,29H,6-12H2,1-3H3. The van der Waals surface area contributed by atoms with E-state index in [0.29, 0.717) is 49.4 Å². The number of sulfonamides is 1. The highest BCUT2D eigenvalue weighted by molar-refractivity contribution is 7.89. The van der Waals surface area contributed by atoms with Gasteiger partial charge >= 0.3 is 11.7 Å². The Morgan fingerprint density at radius 1 is 1.21 bits per heavy atom. The summed E-state index contributed by atoms with van der Waals surface area (Å²) in [4.78, 5) is 27.6. The van der Waals surface area contributed by atoms with E-state index >= 15 is 0 Å². The lowest BCUT2D eigenvalue weighted by Crippen LogP contribution is -2.41. The Bertz CT molecular complexity index is 1550. The van der Waals surface area contributed by atoms with Crippen LogP contribution in [0.5, 0.6) is 5.75 Å². The second kappa shape index (κ2) is 12.0. The van der Waals surface area contributed by atoms with E-state index in [0.717, 1.165) is 6.07 Å². The Morgan fingerprint density at radius 2 is 1.92 bits per heavy atom. The zero-order valence-corrected chi connectivity index (χ0v) is 23.3. The van der Waals surface area contributed by atoms with Gasteiger partial charge in [-0.05, 0) is 36.2 Å². The number of benzene rings is 2. The first-order valence-corrected chi connectivity index (χ1v) is 14.1. The second-order valence-corrected chi connectivity index (χ2v) is 11.5. The van der Waals surface area contributed by atoms with Gasteiger partial charge < -0.3 is 18.8 Å². The molecule has 0 bridgehead atoms. The van der Waals surface area contributed by atoms with Gasteiger partial charge in [0.15, 0.2) is 5.75 Å². The third-order valence-electron chi connectivity index (χ3n) is 6.39. The van der Waals surface area contributed by atoms with Gasteiger partial charge in [0.1, 0.15) is 16.3 Å². The van der Waals surface area contributed by atoms with Gasteiger partial charge in [-0.2, -0.15) is 0 Å². The third-order valence-corrected chi connectivity index (χ3v) is 8.16. The van der Waals surface area contributed by atoms with Crippen LogP contribution in [0, 0.1) is 12.7 Å². The maximum absolute atomic E-state index is 14.6. The van der Waals surface area contributed by atoms with E-state index in [1.54, 1.807) is 6.92 Å². The average Bonchev–Trinajstić information content (AvgIpc) is 2.89. The summed E-state index contributed by atoms with van der Waals surface area (Å²) in [5, 5.41) is 0.651. The highest BCUT2D eigenvalue weighted by Gasteiger charge is 2.22. The number of nitrogens with one attached hydrogen (secondary N) is 1. The minimum Gasteiger partial charge on any atom is -0.422 e. The van der Waals surface area contributed by atoms with Crippen LogP contribution in [0.3, 0.4) is 0 Å². The molecule has 1 amide bonds. The molecule has 1 N–H and O–H groups in total. The lowest BCUT2D eigenvalue weighted by atomic mass is 9.99. The topological polar surface area (TPSA) is 118 Å². The minimum atomic E-state index is -4.13. The van der Waals surface area contributed by atoms with Crippen molar-refractivity contribution in [2.75, 3.05) is 53.5 Å². The minimum absolute atomic E-state index is 0.00430. The average molecular weight is 582 g/mol. The van der Waals surface area contributed by atoms with Crippen LogP contribution >= 0.6 is 11.6 Å². The van der Waals surface area contributed by atoms with Gasteiger partial charge in [-0.25, -0.2) is 27.1 Å². The summed E-state index contributed by atoms with van der Waals surface area (Å²) in [7, 11) is -1.10. The number of hydrogen-bond acceptors (Lipinski definition) is 8. The fourth-order valence-electron chi connectivity index (χ4n) is 4.17. The Kier molecular flexibility index (Phi) is 8.92. The van der Waals surface area contributed by atoms with Gasteiger partial charge in [0, 0.05) is 63.7 Å². The molecule has 1 fully saturated rings. The molecule has 10 nitrogen and oxygen atoms in total. The molecule has 3 aromatic rings. The Balaban J connectivity index is 1.58. The molecule has 1 aliphatic rings. The van der Waals surface area contributed by atoms with E-state index < -0.39 is 32.5 Å². The molecule has 0 atom stereocenters. The molecule has 1 aliphatic heterocycles. The number of ether oxygens (including phenoxy) is 2. The van der Waals surface area contributed by atoms with Crippen molar-refractivity contribution < 1.29 is 31.5 Å². The second-order valence-electron chi connectivity index (χ2n) is 9.33. The maximum Gasteiger partial charge on any atom is 0.414 e. The molecule has 0 spiro atoms. The molecule has 13 heteroatoms. The van der Waals surface area contributed by atoms with E-state index in [4.69, 9.17) is 25.5 Å². The van der Waals surface area contributed by atoms with Crippen LogP contribution in [0.1, 0.15) is 16.7 Å². The highest BCUT2D eigenvalue weighted by atomic mass is 35.5. The summed E-state index contributed by atoms with van der Waals surface area (Å²) in [5.74, 6) is -0.862. The van der Waals surface area contributed by atoms with E-state index in [1.807, 2.05) is 0 Å². The summed E-state index contributed by atoms with van der Waals surface area (Å²) in [5.41, 5.74) is 0.712. The van der Waals surface area contributed by atoms with Gasteiger partial charge in [0.25, 0.3) is 0 Å². The fraction of sp³-hybridized carbons (Fsp3) is 0.385. The Morgan fingerprint density at radius 3 is 2.62 bits per heavy atom. The molecular formula is C26H29ClFN3O7S. The number of rotatable bonds is 8. The first-order valence-electron chi connectivity index (χ1n) is 12.2. The zero-order valence-electron chi connectivity index (χ0n) is 21.8. The maximum atomic E-state index is 14.6. The van der Waals surface area contributed by atoms with Crippen molar-refractivity contribution >= 4 is 38.7 Å². The quantitative estimate of drug-likeness (QED) is 0.403. The number of fused-ring (bicyclic) bond motifs is 1. The van der Waals surface area contributed by atoms with Crippen molar-refractivity contribution in [2.45, 2.75) is 18.2 Å². The summed E-state index contributed by atoms with van der Waals surface area (Å²) in [6.07, 6.45) is -0.653. The van der Waals surface area contributed by atoms with Crippen LogP contribution in [0.15, 0.2) is 44.4 Å². The monoisotopic (exact) mass is 581 g/mol. The molecule has 4 rings (SSSR count). The fourth-order valence-corrected chi connectivity index (χ4v) is 5.52. The van der Waals surface area contributed by atoms with Crippen LogP contribution < -0.4 is 15.1 Å². The van der Waals surface area contributed by atoms with Crippen molar-refractivity contribution in [1.29, 1.82) is 0 Å². The molecule has 0 unspecified atom stereocenters. The molecule has 1 saturated heterocycles. The number of halogens is 2. The number of amides is 1. The number of hydrogen-bond donors (Lipinski definition) is 1. The van der Waals surface area contributed by atoms with E-state index in [9.17, 15) is 22.4 Å². The van der Waals surface area contributed by atoms with Gasteiger partial charge in [0.2, 0.25) is 10.0 Å². The van der Waals surface area contributed by atoms with Crippen molar-refractivity contribution in [3.63, 3.8) is 0 Å². The van der Waals surface area contributed by atoms with Crippen molar-refractivity contribution in [1.82, 2.24) is 14.5 Å². The predicted molar refractivity (Wildman–Crippen MR) is 144 cm³/mol. The molecule has 39 heavy (non-hydrogen) atoms. The molecule has 1 aromatic heterocycles. The predicted octanol–water partition coefficient (Wildman–Crippen LogP) is 3.16. The van der Waals surface area contributed by atoms with Crippen molar-refractivity contribution in [2.24, 2.45) is 0 Å². The number of aryl methyl sites for hydroxylation is 1.